The highest BCUT2D eigenvalue weighted by Gasteiger charge is 2.32. The Labute approximate surface area is 170 Å². The summed E-state index contributed by atoms with van der Waals surface area (Å²) < 4.78 is 11.5. The van der Waals surface area contributed by atoms with E-state index in [0.29, 0.717) is 50.8 Å². The van der Waals surface area contributed by atoms with Crippen molar-refractivity contribution >= 4 is 11.8 Å². The SMILES string of the molecule is O=C(CN1CCN(C(=O)C2COc3ccccc3O2)CC1)NCc1ccccc1. The van der Waals surface area contributed by atoms with E-state index in [-0.39, 0.29) is 18.4 Å². The average Bonchev–Trinajstić information content (AvgIpc) is 2.78. The summed E-state index contributed by atoms with van der Waals surface area (Å²) in [5, 5.41) is 2.94. The molecule has 2 heterocycles. The third kappa shape index (κ3) is 4.86. The van der Waals surface area contributed by atoms with Gasteiger partial charge >= 0.3 is 0 Å². The Morgan fingerprint density at radius 1 is 0.931 bits per heavy atom. The summed E-state index contributed by atoms with van der Waals surface area (Å²) in [4.78, 5) is 28.8. The molecule has 1 atom stereocenters. The van der Waals surface area contributed by atoms with Crippen LogP contribution in [0.3, 0.4) is 0 Å². The molecule has 1 fully saturated rings. The van der Waals surface area contributed by atoms with Crippen LogP contribution in [0, 0.1) is 0 Å². The molecule has 0 saturated carbocycles. The number of carbonyl (C=O) groups excluding carboxylic acids is 2. The maximum atomic E-state index is 12.8. The molecule has 7 heteroatoms. The number of hydrogen-bond donors (Lipinski definition) is 1. The van der Waals surface area contributed by atoms with Crippen molar-refractivity contribution in [1.82, 2.24) is 15.1 Å². The summed E-state index contributed by atoms with van der Waals surface area (Å²) >= 11 is 0. The van der Waals surface area contributed by atoms with Crippen molar-refractivity contribution < 1.29 is 19.1 Å². The second-order valence-corrected chi connectivity index (χ2v) is 7.23. The van der Waals surface area contributed by atoms with Crippen molar-refractivity contribution in [3.63, 3.8) is 0 Å². The highest BCUT2D eigenvalue weighted by atomic mass is 16.6. The smallest absolute Gasteiger partial charge is 0.267 e. The molecule has 7 nitrogen and oxygen atoms in total. The minimum absolute atomic E-state index is 0.00532. The number of nitrogens with zero attached hydrogens (tertiary/aromatic N) is 2. The fourth-order valence-electron chi connectivity index (χ4n) is 3.53. The number of nitrogens with one attached hydrogen (secondary N) is 1. The topological polar surface area (TPSA) is 71.1 Å². The molecule has 29 heavy (non-hydrogen) atoms. The van der Waals surface area contributed by atoms with Gasteiger partial charge < -0.3 is 19.7 Å². The second-order valence-electron chi connectivity index (χ2n) is 7.23. The number of fused-ring (bicyclic) bond motifs is 1. The Morgan fingerprint density at radius 3 is 2.38 bits per heavy atom. The van der Waals surface area contributed by atoms with Gasteiger partial charge in [0.1, 0.15) is 6.61 Å². The first kappa shape index (κ1) is 19.3. The summed E-state index contributed by atoms with van der Waals surface area (Å²) in [5.41, 5.74) is 1.08. The van der Waals surface area contributed by atoms with E-state index < -0.39 is 6.10 Å². The number of hydrogen-bond acceptors (Lipinski definition) is 5. The monoisotopic (exact) mass is 395 g/mol. The fourth-order valence-corrected chi connectivity index (χ4v) is 3.53. The van der Waals surface area contributed by atoms with E-state index in [1.54, 1.807) is 11.0 Å². The van der Waals surface area contributed by atoms with E-state index in [9.17, 15) is 9.59 Å². The Kier molecular flexibility index (Phi) is 5.95. The van der Waals surface area contributed by atoms with Crippen LogP contribution in [0.1, 0.15) is 5.56 Å². The molecule has 1 N–H and O–H groups in total. The first-order valence-corrected chi connectivity index (χ1v) is 9.89. The maximum Gasteiger partial charge on any atom is 0.267 e. The molecule has 0 spiro atoms. The molecule has 0 bridgehead atoms. The highest BCUT2D eigenvalue weighted by Crippen LogP contribution is 2.31. The van der Waals surface area contributed by atoms with Crippen molar-refractivity contribution in [2.45, 2.75) is 12.6 Å². The van der Waals surface area contributed by atoms with Gasteiger partial charge in [-0.3, -0.25) is 14.5 Å². The zero-order valence-corrected chi connectivity index (χ0v) is 16.3. The molecule has 2 aromatic rings. The number of carbonyl (C=O) groups is 2. The minimum Gasteiger partial charge on any atom is -0.485 e. The number of amides is 2. The molecule has 0 aliphatic carbocycles. The van der Waals surface area contributed by atoms with Gasteiger partial charge in [0, 0.05) is 32.7 Å². The van der Waals surface area contributed by atoms with Crippen molar-refractivity contribution in [1.29, 1.82) is 0 Å². The van der Waals surface area contributed by atoms with Gasteiger partial charge in [0.05, 0.1) is 6.54 Å². The molecule has 0 aromatic heterocycles. The zero-order chi connectivity index (χ0) is 20.1. The molecule has 152 valence electrons. The van der Waals surface area contributed by atoms with Gasteiger partial charge in [0.2, 0.25) is 12.0 Å². The van der Waals surface area contributed by atoms with Gasteiger partial charge in [0.15, 0.2) is 11.5 Å². The van der Waals surface area contributed by atoms with Crippen LogP contribution < -0.4 is 14.8 Å². The second kappa shape index (κ2) is 8.96. The summed E-state index contributed by atoms with van der Waals surface area (Å²) in [7, 11) is 0. The van der Waals surface area contributed by atoms with E-state index in [0.717, 1.165) is 5.56 Å². The van der Waals surface area contributed by atoms with Gasteiger partial charge in [-0.25, -0.2) is 0 Å². The average molecular weight is 395 g/mol. The van der Waals surface area contributed by atoms with Crippen molar-refractivity contribution in [2.75, 3.05) is 39.3 Å². The summed E-state index contributed by atoms with van der Waals surface area (Å²) in [6, 6.07) is 17.2. The minimum atomic E-state index is -0.620. The van der Waals surface area contributed by atoms with Gasteiger partial charge in [0.25, 0.3) is 5.91 Å². The maximum absolute atomic E-state index is 12.8. The van der Waals surface area contributed by atoms with Crippen LogP contribution in [0.4, 0.5) is 0 Å². The number of ether oxygens (including phenoxy) is 2. The van der Waals surface area contributed by atoms with Crippen LogP contribution in [-0.4, -0.2) is 67.0 Å². The predicted molar refractivity (Wildman–Crippen MR) is 108 cm³/mol. The van der Waals surface area contributed by atoms with Gasteiger partial charge in [-0.2, -0.15) is 0 Å². The Hall–Kier alpha value is -3.06. The molecule has 2 amide bonds. The van der Waals surface area contributed by atoms with Crippen LogP contribution in [0.5, 0.6) is 11.5 Å². The zero-order valence-electron chi connectivity index (χ0n) is 16.3. The van der Waals surface area contributed by atoms with E-state index in [2.05, 4.69) is 10.2 Å². The number of piperazine rings is 1. The third-order valence-corrected chi connectivity index (χ3v) is 5.17. The molecule has 1 unspecified atom stereocenters. The van der Waals surface area contributed by atoms with Crippen molar-refractivity contribution in [3.8, 4) is 11.5 Å². The molecule has 4 rings (SSSR count). The van der Waals surface area contributed by atoms with E-state index in [4.69, 9.17) is 9.47 Å². The van der Waals surface area contributed by atoms with Crippen LogP contribution >= 0.6 is 0 Å². The van der Waals surface area contributed by atoms with Crippen LogP contribution in [-0.2, 0) is 16.1 Å². The fraction of sp³-hybridized carbons (Fsp3) is 0.364. The number of rotatable bonds is 5. The van der Waals surface area contributed by atoms with Crippen LogP contribution in [0.2, 0.25) is 0 Å². The molecule has 0 radical (unpaired) electrons. The summed E-state index contributed by atoms with van der Waals surface area (Å²) in [5.74, 6) is 1.20. The third-order valence-electron chi connectivity index (χ3n) is 5.17. The van der Waals surface area contributed by atoms with E-state index >= 15 is 0 Å². The quantitative estimate of drug-likeness (QED) is 0.826. The number of para-hydroxylation sites is 2. The highest BCUT2D eigenvalue weighted by molar-refractivity contribution is 5.82. The van der Waals surface area contributed by atoms with Crippen LogP contribution in [0.25, 0.3) is 0 Å². The van der Waals surface area contributed by atoms with Gasteiger partial charge in [-0.1, -0.05) is 42.5 Å². The van der Waals surface area contributed by atoms with E-state index in [1.807, 2.05) is 48.5 Å². The molecule has 2 aromatic carbocycles. The molecule has 2 aliphatic rings. The van der Waals surface area contributed by atoms with E-state index in [1.165, 1.54) is 0 Å². The lowest BCUT2D eigenvalue weighted by Crippen LogP contribution is -2.55. The first-order chi connectivity index (χ1) is 14.2. The predicted octanol–water partition coefficient (Wildman–Crippen LogP) is 1.29. The summed E-state index contributed by atoms with van der Waals surface area (Å²) in [6.45, 7) is 3.56. The largest absolute Gasteiger partial charge is 0.485 e. The Bertz CT molecular complexity index is 850. The van der Waals surface area contributed by atoms with Crippen molar-refractivity contribution in [2.24, 2.45) is 0 Å². The number of benzene rings is 2. The molecular formula is C22H25N3O4. The van der Waals surface area contributed by atoms with Crippen LogP contribution in [0.15, 0.2) is 54.6 Å². The molecule has 2 aliphatic heterocycles. The Morgan fingerprint density at radius 2 is 1.62 bits per heavy atom. The van der Waals surface area contributed by atoms with Gasteiger partial charge in [-0.15, -0.1) is 0 Å². The molecule has 1 saturated heterocycles. The lowest BCUT2D eigenvalue weighted by molar-refractivity contribution is -0.143. The Balaban J connectivity index is 1.21. The normalized spacial score (nSPS) is 18.9. The standard InChI is InChI=1S/C22H25N3O4/c26-21(23-14-17-6-2-1-3-7-17)15-24-10-12-25(13-11-24)22(27)20-16-28-18-8-4-5-9-19(18)29-20/h1-9,20H,10-16H2,(H,23,26). The van der Waals surface area contributed by atoms with Gasteiger partial charge in [-0.05, 0) is 17.7 Å². The molecular weight excluding hydrogens is 370 g/mol. The lowest BCUT2D eigenvalue weighted by atomic mass is 10.2. The summed E-state index contributed by atoms with van der Waals surface area (Å²) in [6.07, 6.45) is -0.620. The lowest BCUT2D eigenvalue weighted by Gasteiger charge is -2.36. The first-order valence-electron chi connectivity index (χ1n) is 9.89. The van der Waals surface area contributed by atoms with Crippen molar-refractivity contribution in [3.05, 3.63) is 60.2 Å².